The van der Waals surface area contributed by atoms with E-state index in [1.807, 2.05) is 0 Å². The largest absolute Gasteiger partial charge is 0.444 e. The number of carbonyl (C=O) groups excluding carboxylic acids is 1. The first-order valence-corrected chi connectivity index (χ1v) is 8.19. The number of alkyl carbamates (subject to hydrolysis) is 1. The predicted molar refractivity (Wildman–Crippen MR) is 89.8 cm³/mol. The molecule has 1 saturated carbocycles. The second-order valence-corrected chi connectivity index (χ2v) is 7.03. The topological polar surface area (TPSA) is 77.2 Å². The van der Waals surface area contributed by atoms with Crippen LogP contribution in [0.15, 0.2) is 24.5 Å². The average molecular weight is 361 g/mol. The molecule has 8 heteroatoms. The fourth-order valence-electron chi connectivity index (χ4n) is 2.47. The van der Waals surface area contributed by atoms with E-state index in [-0.39, 0.29) is 12.8 Å². The van der Waals surface area contributed by atoms with Gasteiger partial charge in [0.05, 0.1) is 11.6 Å². The zero-order valence-corrected chi connectivity index (χ0v) is 14.8. The Labute approximate surface area is 146 Å². The SMILES string of the molecule is CC(C)(C)OC(=O)N[C@H]1CCC[C@@H](C(F)(F)F)C1.Nc1cccnc1. The molecule has 25 heavy (non-hydrogen) atoms. The Morgan fingerprint density at radius 2 is 2.00 bits per heavy atom. The highest BCUT2D eigenvalue weighted by Gasteiger charge is 2.42. The fraction of sp³-hybridized carbons (Fsp3) is 0.647. The van der Waals surface area contributed by atoms with Crippen LogP contribution in [0.4, 0.5) is 23.7 Å². The molecule has 142 valence electrons. The number of hydrogen-bond donors (Lipinski definition) is 2. The third kappa shape index (κ3) is 9.16. The Bertz CT molecular complexity index is 530. The van der Waals surface area contributed by atoms with Gasteiger partial charge in [0.15, 0.2) is 0 Å². The van der Waals surface area contributed by atoms with Crippen molar-refractivity contribution in [1.29, 1.82) is 0 Å². The summed E-state index contributed by atoms with van der Waals surface area (Å²) in [6, 6.07) is 3.16. The normalized spacial score (nSPS) is 20.9. The van der Waals surface area contributed by atoms with Crippen LogP contribution in [0.2, 0.25) is 0 Å². The molecule has 0 aliphatic heterocycles. The lowest BCUT2D eigenvalue weighted by Gasteiger charge is -2.31. The quantitative estimate of drug-likeness (QED) is 0.782. The van der Waals surface area contributed by atoms with Gasteiger partial charge in [-0.1, -0.05) is 6.42 Å². The first kappa shape index (κ1) is 21.1. The van der Waals surface area contributed by atoms with Crippen molar-refractivity contribution < 1.29 is 22.7 Å². The van der Waals surface area contributed by atoms with Crippen molar-refractivity contribution in [2.45, 2.75) is 64.3 Å². The van der Waals surface area contributed by atoms with Gasteiger partial charge in [0.25, 0.3) is 0 Å². The second-order valence-electron chi connectivity index (χ2n) is 7.03. The van der Waals surface area contributed by atoms with E-state index >= 15 is 0 Å². The van der Waals surface area contributed by atoms with Gasteiger partial charge >= 0.3 is 12.3 Å². The van der Waals surface area contributed by atoms with Gasteiger partial charge in [-0.2, -0.15) is 13.2 Å². The number of amides is 1. The van der Waals surface area contributed by atoms with E-state index in [9.17, 15) is 18.0 Å². The Kier molecular flexibility index (Phi) is 7.51. The molecule has 1 heterocycles. The van der Waals surface area contributed by atoms with Gasteiger partial charge < -0.3 is 15.8 Å². The molecule has 0 aromatic carbocycles. The Hall–Kier alpha value is -1.99. The lowest BCUT2D eigenvalue weighted by Crippen LogP contribution is -2.43. The number of ether oxygens (including phenoxy) is 1. The number of pyridine rings is 1. The van der Waals surface area contributed by atoms with E-state index in [0.717, 1.165) is 0 Å². The van der Waals surface area contributed by atoms with Gasteiger partial charge in [-0.3, -0.25) is 4.98 Å². The molecule has 0 spiro atoms. The Morgan fingerprint density at radius 3 is 2.44 bits per heavy atom. The van der Waals surface area contributed by atoms with Gasteiger partial charge in [0.2, 0.25) is 0 Å². The number of nitrogen functional groups attached to an aromatic ring is 1. The summed E-state index contributed by atoms with van der Waals surface area (Å²) in [6.45, 7) is 5.14. The van der Waals surface area contributed by atoms with E-state index in [1.54, 1.807) is 45.3 Å². The van der Waals surface area contributed by atoms with E-state index in [0.29, 0.717) is 18.5 Å². The lowest BCUT2D eigenvalue weighted by atomic mass is 9.85. The van der Waals surface area contributed by atoms with Crippen LogP contribution in [0, 0.1) is 5.92 Å². The number of hydrogen-bond acceptors (Lipinski definition) is 4. The van der Waals surface area contributed by atoms with Crippen LogP contribution in [-0.4, -0.2) is 28.9 Å². The summed E-state index contributed by atoms with van der Waals surface area (Å²) < 4.78 is 42.8. The van der Waals surface area contributed by atoms with E-state index < -0.39 is 29.8 Å². The smallest absolute Gasteiger partial charge is 0.407 e. The number of alkyl halides is 3. The third-order valence-electron chi connectivity index (χ3n) is 3.54. The molecule has 0 saturated heterocycles. The molecule has 5 nitrogen and oxygen atoms in total. The van der Waals surface area contributed by atoms with Crippen LogP contribution in [0.3, 0.4) is 0 Å². The summed E-state index contributed by atoms with van der Waals surface area (Å²) >= 11 is 0. The molecule has 1 aromatic heterocycles. The van der Waals surface area contributed by atoms with Crippen molar-refractivity contribution in [3.63, 3.8) is 0 Å². The molecule has 2 rings (SSSR count). The summed E-state index contributed by atoms with van der Waals surface area (Å²) in [5, 5.41) is 2.52. The maximum absolute atomic E-state index is 12.6. The minimum absolute atomic E-state index is 0.0528. The molecule has 1 aliphatic carbocycles. The van der Waals surface area contributed by atoms with Crippen LogP contribution >= 0.6 is 0 Å². The van der Waals surface area contributed by atoms with E-state index in [4.69, 9.17) is 10.5 Å². The monoisotopic (exact) mass is 361 g/mol. The van der Waals surface area contributed by atoms with E-state index in [1.165, 1.54) is 0 Å². The lowest BCUT2D eigenvalue weighted by molar-refractivity contribution is -0.183. The molecule has 0 unspecified atom stereocenters. The average Bonchev–Trinajstić information content (AvgIpc) is 2.46. The number of aromatic nitrogens is 1. The number of nitrogens with two attached hydrogens (primary N) is 1. The number of rotatable bonds is 1. The summed E-state index contributed by atoms with van der Waals surface area (Å²) in [6.07, 6.45) is -0.366. The first-order valence-electron chi connectivity index (χ1n) is 8.19. The van der Waals surface area contributed by atoms with Crippen molar-refractivity contribution in [1.82, 2.24) is 10.3 Å². The van der Waals surface area contributed by atoms with Gasteiger partial charge in [-0.05, 0) is 52.2 Å². The maximum Gasteiger partial charge on any atom is 0.407 e. The highest BCUT2D eigenvalue weighted by Crippen LogP contribution is 2.37. The molecule has 1 aromatic rings. The van der Waals surface area contributed by atoms with E-state index in [2.05, 4.69) is 10.3 Å². The summed E-state index contributed by atoms with van der Waals surface area (Å²) in [7, 11) is 0. The zero-order chi connectivity index (χ0) is 19.1. The standard InChI is InChI=1S/C12H20F3NO2.C5H6N2/c1-11(2,3)18-10(17)16-9-6-4-5-8(7-9)12(13,14)15;6-5-2-1-3-7-4-5/h8-9H,4-7H2,1-3H3,(H,16,17);1-4H,6H2/t8-,9+;/m1./s1. The highest BCUT2D eigenvalue weighted by atomic mass is 19.4. The first-order chi connectivity index (χ1) is 11.5. The van der Waals surface area contributed by atoms with Crippen molar-refractivity contribution in [3.05, 3.63) is 24.5 Å². The minimum Gasteiger partial charge on any atom is -0.444 e. The van der Waals surface area contributed by atoms with Crippen molar-refractivity contribution >= 4 is 11.8 Å². The van der Waals surface area contributed by atoms with Crippen molar-refractivity contribution in [2.24, 2.45) is 5.92 Å². The molecule has 0 radical (unpaired) electrons. The molecule has 1 aliphatic rings. The Balaban J connectivity index is 0.000000370. The van der Waals surface area contributed by atoms with Crippen LogP contribution in [0.25, 0.3) is 0 Å². The number of nitrogens with zero attached hydrogens (tertiary/aromatic N) is 1. The molecule has 2 atom stereocenters. The summed E-state index contributed by atoms with van der Waals surface area (Å²) in [5.41, 5.74) is 5.37. The summed E-state index contributed by atoms with van der Waals surface area (Å²) in [5.74, 6) is -1.31. The van der Waals surface area contributed by atoms with Crippen LogP contribution in [0.1, 0.15) is 46.5 Å². The number of carbonyl (C=O) groups is 1. The minimum atomic E-state index is -4.17. The highest BCUT2D eigenvalue weighted by molar-refractivity contribution is 5.68. The summed E-state index contributed by atoms with van der Waals surface area (Å²) in [4.78, 5) is 15.2. The van der Waals surface area contributed by atoms with Gasteiger partial charge in [-0.25, -0.2) is 4.79 Å². The fourth-order valence-corrected chi connectivity index (χ4v) is 2.47. The molecule has 1 amide bonds. The molecule has 1 fully saturated rings. The van der Waals surface area contributed by atoms with Gasteiger partial charge in [0, 0.05) is 18.4 Å². The Morgan fingerprint density at radius 1 is 1.32 bits per heavy atom. The van der Waals surface area contributed by atoms with Crippen LogP contribution in [0.5, 0.6) is 0 Å². The van der Waals surface area contributed by atoms with Gasteiger partial charge in [-0.15, -0.1) is 0 Å². The molecular formula is C17H26F3N3O2. The van der Waals surface area contributed by atoms with Crippen LogP contribution < -0.4 is 11.1 Å². The zero-order valence-electron chi connectivity index (χ0n) is 14.8. The molecule has 3 N–H and O–H groups in total. The third-order valence-corrected chi connectivity index (χ3v) is 3.54. The van der Waals surface area contributed by atoms with Crippen LogP contribution in [-0.2, 0) is 4.74 Å². The molecular weight excluding hydrogens is 335 g/mol. The number of anilines is 1. The number of nitrogens with one attached hydrogen (secondary N) is 1. The molecule has 0 bridgehead atoms. The number of halogens is 3. The predicted octanol–water partition coefficient (Wildman–Crippen LogP) is 4.30. The second kappa shape index (κ2) is 8.92. The van der Waals surface area contributed by atoms with Gasteiger partial charge in [0.1, 0.15) is 5.60 Å². The maximum atomic E-state index is 12.6. The van der Waals surface area contributed by atoms with Crippen molar-refractivity contribution in [3.8, 4) is 0 Å². The van der Waals surface area contributed by atoms with Crippen molar-refractivity contribution in [2.75, 3.05) is 5.73 Å².